The van der Waals surface area contributed by atoms with E-state index in [4.69, 9.17) is 70.1 Å². The van der Waals surface area contributed by atoms with Crippen molar-refractivity contribution < 1.29 is 42.4 Å². The molecule has 2 aliphatic rings. The number of halogens is 6. The highest BCUT2D eigenvalue weighted by Crippen LogP contribution is 2.40. The Bertz CT molecular complexity index is 1760. The van der Waals surface area contributed by atoms with Crippen LogP contribution in [-0.4, -0.2) is 70.2 Å². The summed E-state index contributed by atoms with van der Waals surface area (Å²) in [6.07, 6.45) is -4.38. The van der Waals surface area contributed by atoms with Crippen LogP contribution in [0.3, 0.4) is 0 Å². The predicted molar refractivity (Wildman–Crippen MR) is 216 cm³/mol. The maximum Gasteiger partial charge on any atom is 0.303 e. The molecular weight excluding hydrogens is 836 g/mol. The third-order valence-corrected chi connectivity index (χ3v) is 12.1. The molecule has 2 saturated heterocycles. The van der Waals surface area contributed by atoms with Crippen molar-refractivity contribution in [3.05, 3.63) is 139 Å². The van der Waals surface area contributed by atoms with Crippen LogP contribution in [0.1, 0.15) is 29.2 Å². The van der Waals surface area contributed by atoms with Gasteiger partial charge < -0.3 is 28.8 Å². The first-order chi connectivity index (χ1) is 26.4. The summed E-state index contributed by atoms with van der Waals surface area (Å²) >= 11 is 25.9. The maximum absolute atomic E-state index is 14.9. The standard InChI is InChI=1S/C21H21Cl2FO4S.C19H19Cl2FO3S/c1-13(25)28-21-19(24)20(27-11-15-4-8-17(23)9-5-15)18(29-21)12-26-10-14-2-6-16(22)7-3-14;20-14-5-1-12(2-6-14)9-24-11-16-18(17(22)19(23)26-16)25-10-13-3-7-15(21)8-4-13/h2-9,18-21H,10-12H2,1H3;1-8,16-19,23H,9-11H2/t18-,19+,20-,21?;16-,17+,18-,19?/m11/s1. The van der Waals surface area contributed by atoms with Crippen molar-refractivity contribution in [2.24, 2.45) is 0 Å². The van der Waals surface area contributed by atoms with Crippen molar-refractivity contribution in [1.82, 2.24) is 0 Å². The number of thioether (sulfide) groups is 2. The summed E-state index contributed by atoms with van der Waals surface area (Å²) in [5.74, 6) is -0.524. The van der Waals surface area contributed by atoms with Gasteiger partial charge in [0.2, 0.25) is 0 Å². The van der Waals surface area contributed by atoms with E-state index in [1.54, 1.807) is 48.5 Å². The Morgan fingerprint density at radius 3 is 1.31 bits per heavy atom. The lowest BCUT2D eigenvalue weighted by molar-refractivity contribution is -0.146. The lowest BCUT2D eigenvalue weighted by Crippen LogP contribution is -2.35. The van der Waals surface area contributed by atoms with E-state index in [-0.39, 0.29) is 36.9 Å². The average molecular weight is 877 g/mol. The maximum atomic E-state index is 14.9. The molecule has 2 unspecified atom stereocenters. The van der Waals surface area contributed by atoms with Crippen molar-refractivity contribution in [1.29, 1.82) is 0 Å². The Hall–Kier alpha value is -2.13. The zero-order valence-corrected chi connectivity index (χ0v) is 34.2. The molecule has 7 nitrogen and oxygen atoms in total. The number of benzene rings is 4. The van der Waals surface area contributed by atoms with E-state index in [0.717, 1.165) is 34.0 Å². The van der Waals surface area contributed by atoms with E-state index in [0.29, 0.717) is 33.3 Å². The number of carbonyl (C=O) groups excluding carboxylic acids is 1. The minimum atomic E-state index is -1.45. The minimum absolute atomic E-state index is 0.225. The normalized spacial score (nSPS) is 24.7. The molecule has 2 fully saturated rings. The zero-order chi connectivity index (χ0) is 39.3. The molecule has 6 rings (SSSR count). The average Bonchev–Trinajstić information content (AvgIpc) is 3.61. The van der Waals surface area contributed by atoms with Crippen LogP contribution in [0.4, 0.5) is 8.78 Å². The Kier molecular flexibility index (Phi) is 17.7. The molecule has 4 aromatic carbocycles. The Labute approximate surface area is 348 Å². The summed E-state index contributed by atoms with van der Waals surface area (Å²) < 4.78 is 57.4. The van der Waals surface area contributed by atoms with Crippen LogP contribution in [0.25, 0.3) is 0 Å². The SMILES string of the molecule is CC(=O)OC1S[C@H](COCc2ccc(Cl)cc2)[C@@H](OCc2ccc(Cl)cc2)[C@@H]1F.OC1S[C@H](COCc2ccc(Cl)cc2)[C@@H](OCc2ccc(Cl)cc2)[C@@H]1F. The number of alkyl halides is 2. The molecule has 15 heteroatoms. The molecule has 296 valence electrons. The minimum Gasteiger partial charge on any atom is -0.448 e. The molecule has 0 amide bonds. The number of rotatable bonds is 15. The van der Waals surface area contributed by atoms with Gasteiger partial charge in [0.25, 0.3) is 0 Å². The van der Waals surface area contributed by atoms with E-state index in [1.807, 2.05) is 48.5 Å². The lowest BCUT2D eigenvalue weighted by Gasteiger charge is -2.21. The molecule has 0 spiro atoms. The highest BCUT2D eigenvalue weighted by molar-refractivity contribution is 8.01. The van der Waals surface area contributed by atoms with Gasteiger partial charge in [-0.2, -0.15) is 0 Å². The van der Waals surface area contributed by atoms with E-state index >= 15 is 0 Å². The second-order valence-corrected chi connectivity index (χ2v) is 17.1. The van der Waals surface area contributed by atoms with Crippen LogP contribution in [0.2, 0.25) is 20.1 Å². The van der Waals surface area contributed by atoms with E-state index in [9.17, 15) is 18.7 Å². The highest BCUT2D eigenvalue weighted by atomic mass is 35.5. The van der Waals surface area contributed by atoms with Gasteiger partial charge in [-0.3, -0.25) is 4.79 Å². The number of ether oxygens (including phenoxy) is 5. The first-order valence-corrected chi connectivity index (χ1v) is 20.7. The van der Waals surface area contributed by atoms with Crippen LogP contribution in [0.5, 0.6) is 0 Å². The van der Waals surface area contributed by atoms with Gasteiger partial charge >= 0.3 is 5.97 Å². The van der Waals surface area contributed by atoms with Crippen molar-refractivity contribution in [3.63, 3.8) is 0 Å². The molecule has 1 N–H and O–H groups in total. The molecule has 0 aromatic heterocycles. The van der Waals surface area contributed by atoms with Gasteiger partial charge in [0.1, 0.15) is 17.6 Å². The molecule has 55 heavy (non-hydrogen) atoms. The van der Waals surface area contributed by atoms with Crippen LogP contribution >= 0.6 is 69.9 Å². The fourth-order valence-electron chi connectivity index (χ4n) is 5.60. The third-order valence-electron chi connectivity index (χ3n) is 8.44. The van der Waals surface area contributed by atoms with Crippen molar-refractivity contribution in [3.8, 4) is 0 Å². The van der Waals surface area contributed by atoms with Crippen LogP contribution in [0, 0.1) is 0 Å². The summed E-state index contributed by atoms with van der Waals surface area (Å²) in [4.78, 5) is 11.3. The van der Waals surface area contributed by atoms with Gasteiger partial charge in [-0.05, 0) is 70.8 Å². The second kappa shape index (κ2) is 22.1. The zero-order valence-electron chi connectivity index (χ0n) is 29.6. The van der Waals surface area contributed by atoms with Gasteiger partial charge in [0.05, 0.1) is 50.1 Å². The van der Waals surface area contributed by atoms with Gasteiger partial charge in [-0.1, -0.05) is 94.9 Å². The van der Waals surface area contributed by atoms with Gasteiger partial charge in [0.15, 0.2) is 17.8 Å². The van der Waals surface area contributed by atoms with E-state index < -0.39 is 41.4 Å². The molecule has 2 aliphatic heterocycles. The fraction of sp³-hybridized carbons (Fsp3) is 0.375. The van der Waals surface area contributed by atoms with Crippen molar-refractivity contribution >= 4 is 75.9 Å². The van der Waals surface area contributed by atoms with Crippen LogP contribution in [-0.2, 0) is 54.9 Å². The van der Waals surface area contributed by atoms with Gasteiger partial charge in [-0.15, -0.1) is 23.5 Å². The Balaban J connectivity index is 0.000000212. The summed E-state index contributed by atoms with van der Waals surface area (Å²) in [5.41, 5.74) is 1.70. The fourth-order valence-corrected chi connectivity index (χ4v) is 8.72. The smallest absolute Gasteiger partial charge is 0.303 e. The predicted octanol–water partition coefficient (Wildman–Crippen LogP) is 10.3. The van der Waals surface area contributed by atoms with Crippen LogP contribution < -0.4 is 0 Å². The van der Waals surface area contributed by atoms with E-state index in [2.05, 4.69) is 0 Å². The lowest BCUT2D eigenvalue weighted by atomic mass is 10.1. The third kappa shape index (κ3) is 14.0. The molecule has 8 atom stereocenters. The molecule has 0 saturated carbocycles. The first-order valence-electron chi connectivity index (χ1n) is 17.3. The van der Waals surface area contributed by atoms with Crippen molar-refractivity contribution in [2.75, 3.05) is 13.2 Å². The molecule has 2 heterocycles. The number of aliphatic hydroxyl groups excluding tert-OH is 1. The molecule has 4 aromatic rings. The Morgan fingerprint density at radius 2 is 0.927 bits per heavy atom. The number of hydrogen-bond donors (Lipinski definition) is 1. The summed E-state index contributed by atoms with van der Waals surface area (Å²) in [6, 6.07) is 29.0. The van der Waals surface area contributed by atoms with Crippen molar-refractivity contribution in [2.45, 2.75) is 79.3 Å². The molecule has 0 aliphatic carbocycles. The monoisotopic (exact) mass is 874 g/mol. The summed E-state index contributed by atoms with van der Waals surface area (Å²) in [6.45, 7) is 3.05. The number of carbonyl (C=O) groups is 1. The molecule has 0 bridgehead atoms. The quantitative estimate of drug-likeness (QED) is 0.117. The number of aliphatic hydroxyl groups is 1. The topological polar surface area (TPSA) is 83.5 Å². The largest absolute Gasteiger partial charge is 0.448 e. The molecular formula is C40H40Cl4F2O7S2. The molecule has 0 radical (unpaired) electrons. The van der Waals surface area contributed by atoms with Gasteiger partial charge in [0, 0.05) is 27.0 Å². The Morgan fingerprint density at radius 1 is 0.582 bits per heavy atom. The van der Waals surface area contributed by atoms with E-state index in [1.165, 1.54) is 18.7 Å². The van der Waals surface area contributed by atoms with Crippen LogP contribution in [0.15, 0.2) is 97.1 Å². The summed E-state index contributed by atoms with van der Waals surface area (Å²) in [5, 5.41) is 11.8. The first kappa shape index (κ1) is 44.0. The highest BCUT2D eigenvalue weighted by Gasteiger charge is 2.48. The number of hydrogen-bond acceptors (Lipinski definition) is 9. The summed E-state index contributed by atoms with van der Waals surface area (Å²) in [7, 11) is 0. The number of esters is 1. The van der Waals surface area contributed by atoms with Gasteiger partial charge in [-0.25, -0.2) is 8.78 Å². The second-order valence-electron chi connectivity index (χ2n) is 12.7.